The Balaban J connectivity index is 1.42. The van der Waals surface area contributed by atoms with Crippen LogP contribution in [0.2, 0.25) is 0 Å². The van der Waals surface area contributed by atoms with Crippen molar-refractivity contribution >= 4 is 28.9 Å². The molecule has 0 atom stereocenters. The second-order valence-corrected chi connectivity index (χ2v) is 8.21. The smallest absolute Gasteiger partial charge is 0.138 e. The van der Waals surface area contributed by atoms with E-state index >= 15 is 0 Å². The van der Waals surface area contributed by atoms with Gasteiger partial charge in [-0.05, 0) is 29.2 Å². The molecule has 29 heavy (non-hydrogen) atoms. The quantitative estimate of drug-likeness (QED) is 0.414. The standard InChI is InChI=1S/C24H20FN3S/c25-22-12-23-20(11-24(22)29-16-17-5-2-1-3-6-17)13-27-28(23)15-19-8-4-7-18-9-10-26-14-21(18)19/h1-8,11-14H,9-10,15-16H2. The Kier molecular flexibility index (Phi) is 4.90. The minimum absolute atomic E-state index is 0.197. The normalized spacial score (nSPS) is 13.0. The van der Waals surface area contributed by atoms with Gasteiger partial charge >= 0.3 is 0 Å². The molecule has 0 radical (unpaired) electrons. The first-order valence-corrected chi connectivity index (χ1v) is 10.7. The van der Waals surface area contributed by atoms with Crippen LogP contribution in [-0.2, 0) is 18.7 Å². The molecule has 1 aliphatic rings. The van der Waals surface area contributed by atoms with Crippen molar-refractivity contribution in [3.63, 3.8) is 0 Å². The van der Waals surface area contributed by atoms with E-state index < -0.39 is 0 Å². The van der Waals surface area contributed by atoms with E-state index in [4.69, 9.17) is 0 Å². The lowest BCUT2D eigenvalue weighted by Gasteiger charge is -2.15. The number of benzene rings is 3. The van der Waals surface area contributed by atoms with Crippen molar-refractivity contribution in [3.8, 4) is 0 Å². The molecule has 3 nitrogen and oxygen atoms in total. The Bertz CT molecular complexity index is 1200. The summed E-state index contributed by atoms with van der Waals surface area (Å²) >= 11 is 1.52. The first-order valence-electron chi connectivity index (χ1n) is 9.70. The summed E-state index contributed by atoms with van der Waals surface area (Å²) in [5.41, 5.74) is 5.66. The average Bonchev–Trinajstić information content (AvgIpc) is 3.14. The van der Waals surface area contributed by atoms with Crippen LogP contribution in [0.15, 0.2) is 76.7 Å². The first kappa shape index (κ1) is 18.1. The molecule has 144 valence electrons. The molecule has 2 heterocycles. The maximum atomic E-state index is 14.8. The molecule has 4 aromatic rings. The molecular formula is C24H20FN3S. The first-order chi connectivity index (χ1) is 14.3. The molecule has 0 saturated carbocycles. The predicted octanol–water partition coefficient (Wildman–Crippen LogP) is 5.49. The minimum atomic E-state index is -0.197. The van der Waals surface area contributed by atoms with Crippen LogP contribution in [0.4, 0.5) is 4.39 Å². The zero-order valence-electron chi connectivity index (χ0n) is 15.9. The summed E-state index contributed by atoms with van der Waals surface area (Å²) < 4.78 is 16.7. The molecule has 0 unspecified atom stereocenters. The van der Waals surface area contributed by atoms with Gasteiger partial charge in [0, 0.05) is 40.4 Å². The highest BCUT2D eigenvalue weighted by Crippen LogP contribution is 2.30. The van der Waals surface area contributed by atoms with Gasteiger partial charge in [-0.15, -0.1) is 11.8 Å². The lowest BCUT2D eigenvalue weighted by atomic mass is 9.98. The van der Waals surface area contributed by atoms with Crippen LogP contribution in [0.1, 0.15) is 22.3 Å². The van der Waals surface area contributed by atoms with Gasteiger partial charge in [0.1, 0.15) is 5.82 Å². The van der Waals surface area contributed by atoms with E-state index in [-0.39, 0.29) is 5.82 Å². The van der Waals surface area contributed by atoms with Crippen LogP contribution in [-0.4, -0.2) is 22.5 Å². The Morgan fingerprint density at radius 1 is 1.03 bits per heavy atom. The van der Waals surface area contributed by atoms with Crippen LogP contribution in [0, 0.1) is 5.82 Å². The number of rotatable bonds is 5. The van der Waals surface area contributed by atoms with Gasteiger partial charge < -0.3 is 0 Å². The summed E-state index contributed by atoms with van der Waals surface area (Å²) in [6.45, 7) is 1.45. The van der Waals surface area contributed by atoms with Gasteiger partial charge in [-0.3, -0.25) is 9.67 Å². The lowest BCUT2D eigenvalue weighted by Crippen LogP contribution is -2.10. The second-order valence-electron chi connectivity index (χ2n) is 7.19. The number of aromatic nitrogens is 2. The summed E-state index contributed by atoms with van der Waals surface area (Å²) in [7, 11) is 0. The molecule has 0 aliphatic carbocycles. The Labute approximate surface area is 173 Å². The van der Waals surface area contributed by atoms with E-state index in [1.54, 1.807) is 6.07 Å². The van der Waals surface area contributed by atoms with Gasteiger partial charge in [0.05, 0.1) is 18.3 Å². The number of nitrogens with zero attached hydrogens (tertiary/aromatic N) is 3. The molecule has 5 rings (SSSR count). The van der Waals surface area contributed by atoms with E-state index in [0.717, 1.165) is 29.6 Å². The molecule has 0 spiro atoms. The Hall–Kier alpha value is -2.92. The molecule has 1 aliphatic heterocycles. The average molecular weight is 402 g/mol. The van der Waals surface area contributed by atoms with E-state index in [9.17, 15) is 4.39 Å². The van der Waals surface area contributed by atoms with Crippen LogP contribution in [0.3, 0.4) is 0 Å². The van der Waals surface area contributed by atoms with Crippen molar-refractivity contribution in [2.75, 3.05) is 6.54 Å². The summed E-state index contributed by atoms with van der Waals surface area (Å²) in [4.78, 5) is 5.08. The summed E-state index contributed by atoms with van der Waals surface area (Å²) in [5, 5.41) is 5.49. The third-order valence-electron chi connectivity index (χ3n) is 5.27. The van der Waals surface area contributed by atoms with Crippen molar-refractivity contribution in [3.05, 3.63) is 94.9 Å². The Morgan fingerprint density at radius 3 is 2.83 bits per heavy atom. The van der Waals surface area contributed by atoms with Crippen LogP contribution >= 0.6 is 11.8 Å². The number of hydrogen-bond acceptors (Lipinski definition) is 3. The van der Waals surface area contributed by atoms with Crippen LogP contribution in [0.5, 0.6) is 0 Å². The van der Waals surface area contributed by atoms with Gasteiger partial charge in [-0.2, -0.15) is 5.10 Å². The number of halogens is 1. The highest BCUT2D eigenvalue weighted by Gasteiger charge is 2.14. The van der Waals surface area contributed by atoms with Gasteiger partial charge in [0.15, 0.2) is 0 Å². The fraction of sp³-hybridized carbons (Fsp3) is 0.167. The topological polar surface area (TPSA) is 30.2 Å². The van der Waals surface area contributed by atoms with Crippen molar-refractivity contribution in [1.82, 2.24) is 9.78 Å². The molecule has 5 heteroatoms. The van der Waals surface area contributed by atoms with Crippen molar-refractivity contribution < 1.29 is 4.39 Å². The number of fused-ring (bicyclic) bond motifs is 2. The molecule has 0 saturated heterocycles. The minimum Gasteiger partial charge on any atom is -0.292 e. The maximum absolute atomic E-state index is 14.8. The van der Waals surface area contributed by atoms with E-state index in [1.165, 1.54) is 34.0 Å². The predicted molar refractivity (Wildman–Crippen MR) is 117 cm³/mol. The zero-order chi connectivity index (χ0) is 19.6. The van der Waals surface area contributed by atoms with Crippen molar-refractivity contribution in [1.29, 1.82) is 0 Å². The lowest BCUT2D eigenvalue weighted by molar-refractivity contribution is 0.602. The molecule has 0 fully saturated rings. The monoisotopic (exact) mass is 401 g/mol. The third-order valence-corrected chi connectivity index (χ3v) is 6.37. The van der Waals surface area contributed by atoms with E-state index in [0.29, 0.717) is 11.4 Å². The molecule has 0 bridgehead atoms. The van der Waals surface area contributed by atoms with E-state index in [2.05, 4.69) is 40.4 Å². The molecule has 0 amide bonds. The zero-order valence-corrected chi connectivity index (χ0v) is 16.7. The summed E-state index contributed by atoms with van der Waals surface area (Å²) in [6.07, 6.45) is 4.75. The van der Waals surface area contributed by atoms with E-state index in [1.807, 2.05) is 41.4 Å². The Morgan fingerprint density at radius 2 is 1.93 bits per heavy atom. The number of hydrogen-bond donors (Lipinski definition) is 0. The summed E-state index contributed by atoms with van der Waals surface area (Å²) in [5.74, 6) is 0.546. The molecular weight excluding hydrogens is 381 g/mol. The third kappa shape index (κ3) is 3.70. The molecule has 0 N–H and O–H groups in total. The van der Waals surface area contributed by atoms with Gasteiger partial charge in [-0.1, -0.05) is 48.5 Å². The van der Waals surface area contributed by atoms with Crippen molar-refractivity contribution in [2.45, 2.75) is 23.6 Å². The van der Waals surface area contributed by atoms with Gasteiger partial charge in [-0.25, -0.2) is 4.39 Å². The SMILES string of the molecule is Fc1cc2c(cnn2Cc2cccc3c2C=NCC3)cc1SCc1ccccc1. The molecule has 3 aromatic carbocycles. The van der Waals surface area contributed by atoms with Gasteiger partial charge in [0.2, 0.25) is 0 Å². The van der Waals surface area contributed by atoms with Crippen LogP contribution in [0.25, 0.3) is 10.9 Å². The second kappa shape index (κ2) is 7.84. The largest absolute Gasteiger partial charge is 0.292 e. The fourth-order valence-corrected chi connectivity index (χ4v) is 4.66. The van der Waals surface area contributed by atoms with Crippen LogP contribution < -0.4 is 0 Å². The summed E-state index contributed by atoms with van der Waals surface area (Å²) in [6, 6.07) is 20.0. The van der Waals surface area contributed by atoms with Gasteiger partial charge in [0.25, 0.3) is 0 Å². The fourth-order valence-electron chi connectivity index (χ4n) is 3.74. The highest BCUT2D eigenvalue weighted by atomic mass is 32.2. The maximum Gasteiger partial charge on any atom is 0.138 e. The molecule has 1 aromatic heterocycles. The number of aliphatic imine (C=N–C) groups is 1. The highest BCUT2D eigenvalue weighted by molar-refractivity contribution is 7.98. The number of thioether (sulfide) groups is 1. The van der Waals surface area contributed by atoms with Crippen molar-refractivity contribution in [2.24, 2.45) is 4.99 Å².